The van der Waals surface area contributed by atoms with Gasteiger partial charge in [0, 0.05) is 5.41 Å². The Morgan fingerprint density at radius 1 is 1.06 bits per heavy atom. The molecule has 0 heterocycles. The summed E-state index contributed by atoms with van der Waals surface area (Å²) in [5.41, 5.74) is 0.965. The summed E-state index contributed by atoms with van der Waals surface area (Å²) in [7, 11) is 0. The molecule has 2 saturated carbocycles. The molecule has 0 spiro atoms. The van der Waals surface area contributed by atoms with Crippen molar-refractivity contribution in [3.8, 4) is 0 Å². The van der Waals surface area contributed by atoms with Crippen LogP contribution < -0.4 is 0 Å². The fourth-order valence-corrected chi connectivity index (χ4v) is 4.49. The smallest absolute Gasteiger partial charge is 0.0952 e. The first-order chi connectivity index (χ1) is 7.87. The first kappa shape index (κ1) is 11.3. The van der Waals surface area contributed by atoms with E-state index in [0.29, 0.717) is 11.3 Å². The van der Waals surface area contributed by atoms with Crippen molar-refractivity contribution in [2.24, 2.45) is 16.7 Å². The second-order valence-corrected chi connectivity index (χ2v) is 7.06. The lowest BCUT2D eigenvalue weighted by molar-refractivity contribution is -0.0926. The molecule has 3 unspecified atom stereocenters. The van der Waals surface area contributed by atoms with Crippen LogP contribution in [0.4, 0.5) is 0 Å². The molecule has 17 heavy (non-hydrogen) atoms. The van der Waals surface area contributed by atoms with Crippen LogP contribution in [0.5, 0.6) is 0 Å². The summed E-state index contributed by atoms with van der Waals surface area (Å²) >= 11 is 0. The largest absolute Gasteiger partial charge is 0.385 e. The average Bonchev–Trinajstić information content (AvgIpc) is 2.65. The van der Waals surface area contributed by atoms with E-state index >= 15 is 0 Å². The van der Waals surface area contributed by atoms with Gasteiger partial charge in [-0.2, -0.15) is 0 Å². The molecule has 1 N–H and O–H groups in total. The summed E-state index contributed by atoms with van der Waals surface area (Å²) in [6.07, 6.45) is 3.24. The van der Waals surface area contributed by atoms with E-state index in [1.54, 1.807) is 0 Å². The van der Waals surface area contributed by atoms with Crippen LogP contribution in [0, 0.1) is 16.7 Å². The molecule has 2 fully saturated rings. The van der Waals surface area contributed by atoms with Crippen LogP contribution in [0.25, 0.3) is 0 Å². The van der Waals surface area contributed by atoms with Gasteiger partial charge in [-0.3, -0.25) is 0 Å². The lowest BCUT2D eigenvalue weighted by Crippen LogP contribution is -2.43. The average molecular weight is 230 g/mol. The predicted molar refractivity (Wildman–Crippen MR) is 69.6 cm³/mol. The summed E-state index contributed by atoms with van der Waals surface area (Å²) in [6.45, 7) is 6.98. The van der Waals surface area contributed by atoms with Crippen LogP contribution in [-0.4, -0.2) is 5.11 Å². The number of hydrogen-bond donors (Lipinski definition) is 1. The highest BCUT2D eigenvalue weighted by Gasteiger charge is 2.64. The number of fused-ring (bicyclic) bond motifs is 2. The van der Waals surface area contributed by atoms with Gasteiger partial charge in [-0.15, -0.1) is 0 Å². The van der Waals surface area contributed by atoms with Gasteiger partial charge in [0.2, 0.25) is 0 Å². The van der Waals surface area contributed by atoms with Gasteiger partial charge in [-0.05, 0) is 36.2 Å². The molecule has 2 aliphatic carbocycles. The monoisotopic (exact) mass is 230 g/mol. The van der Waals surface area contributed by atoms with Crippen LogP contribution in [-0.2, 0) is 5.60 Å². The third-order valence-electron chi connectivity index (χ3n) is 5.44. The maximum Gasteiger partial charge on any atom is 0.0952 e. The van der Waals surface area contributed by atoms with Crippen LogP contribution in [0.1, 0.15) is 45.6 Å². The zero-order valence-electron chi connectivity index (χ0n) is 11.0. The van der Waals surface area contributed by atoms with Crippen molar-refractivity contribution >= 4 is 0 Å². The summed E-state index contributed by atoms with van der Waals surface area (Å²) in [5, 5.41) is 11.1. The fourth-order valence-electron chi connectivity index (χ4n) is 4.49. The van der Waals surface area contributed by atoms with Crippen molar-refractivity contribution in [2.45, 2.75) is 45.6 Å². The Labute approximate surface area is 104 Å². The van der Waals surface area contributed by atoms with Gasteiger partial charge in [0.15, 0.2) is 0 Å². The second-order valence-electron chi connectivity index (χ2n) is 7.06. The SMILES string of the molecule is CC1(C)CC2(C)CC1CC2(O)c1ccccc1. The van der Waals surface area contributed by atoms with Crippen LogP contribution in [0.3, 0.4) is 0 Å². The molecule has 2 aliphatic rings. The Morgan fingerprint density at radius 2 is 1.71 bits per heavy atom. The minimum absolute atomic E-state index is 0.0581. The molecule has 0 amide bonds. The first-order valence-electron chi connectivity index (χ1n) is 6.65. The number of benzene rings is 1. The van der Waals surface area contributed by atoms with Crippen molar-refractivity contribution in [2.75, 3.05) is 0 Å². The van der Waals surface area contributed by atoms with Crippen molar-refractivity contribution in [1.29, 1.82) is 0 Å². The molecule has 0 saturated heterocycles. The highest BCUT2D eigenvalue weighted by Crippen LogP contribution is 2.69. The Balaban J connectivity index is 2.03. The quantitative estimate of drug-likeness (QED) is 0.779. The maximum absolute atomic E-state index is 11.1. The zero-order chi connectivity index (χ0) is 12.3. The Hall–Kier alpha value is -0.820. The molecule has 0 radical (unpaired) electrons. The van der Waals surface area contributed by atoms with Gasteiger partial charge in [0.25, 0.3) is 0 Å². The Bertz CT molecular complexity index is 436. The summed E-state index contributed by atoms with van der Waals surface area (Å²) in [6, 6.07) is 10.3. The van der Waals surface area contributed by atoms with Gasteiger partial charge >= 0.3 is 0 Å². The Morgan fingerprint density at radius 3 is 2.18 bits per heavy atom. The Kier molecular flexibility index (Phi) is 2.08. The fraction of sp³-hybridized carbons (Fsp3) is 0.625. The van der Waals surface area contributed by atoms with Crippen molar-refractivity contribution < 1.29 is 5.11 Å². The van der Waals surface area contributed by atoms with Gasteiger partial charge < -0.3 is 5.11 Å². The molecule has 1 nitrogen and oxygen atoms in total. The molecular formula is C16H22O. The molecule has 0 aromatic heterocycles. The van der Waals surface area contributed by atoms with Crippen LogP contribution >= 0.6 is 0 Å². The lowest BCUT2D eigenvalue weighted by Gasteiger charge is -2.46. The first-order valence-corrected chi connectivity index (χ1v) is 6.65. The zero-order valence-corrected chi connectivity index (χ0v) is 11.0. The lowest BCUT2D eigenvalue weighted by atomic mass is 9.63. The van der Waals surface area contributed by atoms with E-state index in [9.17, 15) is 5.11 Å². The molecule has 1 aromatic carbocycles. The molecule has 3 atom stereocenters. The van der Waals surface area contributed by atoms with E-state index in [1.807, 2.05) is 18.2 Å². The van der Waals surface area contributed by atoms with Gasteiger partial charge in [0.05, 0.1) is 5.60 Å². The van der Waals surface area contributed by atoms with Crippen LogP contribution in [0.2, 0.25) is 0 Å². The van der Waals surface area contributed by atoms with E-state index < -0.39 is 5.60 Å². The van der Waals surface area contributed by atoms with Crippen molar-refractivity contribution in [3.05, 3.63) is 35.9 Å². The second kappa shape index (κ2) is 3.14. The topological polar surface area (TPSA) is 20.2 Å². The molecule has 1 heteroatoms. The summed E-state index contributed by atoms with van der Waals surface area (Å²) in [5.74, 6) is 0.665. The van der Waals surface area contributed by atoms with Gasteiger partial charge in [-0.1, -0.05) is 51.1 Å². The molecule has 0 aliphatic heterocycles. The van der Waals surface area contributed by atoms with Crippen LogP contribution in [0.15, 0.2) is 30.3 Å². The normalized spacial score (nSPS) is 42.9. The molecule has 92 valence electrons. The number of hydrogen-bond acceptors (Lipinski definition) is 1. The highest BCUT2D eigenvalue weighted by molar-refractivity contribution is 5.30. The minimum Gasteiger partial charge on any atom is -0.385 e. The van der Waals surface area contributed by atoms with E-state index in [0.717, 1.165) is 18.4 Å². The van der Waals surface area contributed by atoms with Gasteiger partial charge in [0.1, 0.15) is 0 Å². The molecule has 3 rings (SSSR count). The predicted octanol–water partition coefficient (Wildman–Crippen LogP) is 3.72. The van der Waals surface area contributed by atoms with Gasteiger partial charge in [-0.25, -0.2) is 0 Å². The van der Waals surface area contributed by atoms with E-state index in [1.165, 1.54) is 6.42 Å². The summed E-state index contributed by atoms with van der Waals surface area (Å²) < 4.78 is 0. The molecular weight excluding hydrogens is 208 g/mol. The highest BCUT2D eigenvalue weighted by atomic mass is 16.3. The maximum atomic E-state index is 11.1. The minimum atomic E-state index is -0.603. The molecule has 1 aromatic rings. The van der Waals surface area contributed by atoms with Crippen molar-refractivity contribution in [3.63, 3.8) is 0 Å². The van der Waals surface area contributed by atoms with E-state index in [4.69, 9.17) is 0 Å². The summed E-state index contributed by atoms with van der Waals surface area (Å²) in [4.78, 5) is 0. The van der Waals surface area contributed by atoms with E-state index in [-0.39, 0.29) is 5.41 Å². The van der Waals surface area contributed by atoms with E-state index in [2.05, 4.69) is 32.9 Å². The standard InChI is InChI=1S/C16H22O/c1-14(2)11-15(3)9-13(14)10-16(15,17)12-7-5-4-6-8-12/h4-8,13,17H,9-11H2,1-3H3. The third kappa shape index (κ3) is 1.35. The van der Waals surface area contributed by atoms with Crippen molar-refractivity contribution in [1.82, 2.24) is 0 Å². The number of rotatable bonds is 1. The third-order valence-corrected chi connectivity index (χ3v) is 5.44. The number of aliphatic hydroxyl groups is 1. The molecule has 2 bridgehead atoms.